The zero-order valence-electron chi connectivity index (χ0n) is 15.4. The molecule has 132 valence electrons. The van der Waals surface area contributed by atoms with Crippen LogP contribution in [-0.2, 0) is 10.2 Å². The van der Waals surface area contributed by atoms with Crippen LogP contribution >= 0.6 is 0 Å². The molecule has 2 fully saturated rings. The lowest BCUT2D eigenvalue weighted by Crippen LogP contribution is -2.50. The van der Waals surface area contributed by atoms with E-state index < -0.39 is 0 Å². The molecule has 24 heavy (non-hydrogen) atoms. The lowest BCUT2D eigenvalue weighted by atomic mass is 9.81. The highest BCUT2D eigenvalue weighted by atomic mass is 16.1. The van der Waals surface area contributed by atoms with Gasteiger partial charge < -0.3 is 10.6 Å². The lowest BCUT2D eigenvalue weighted by molar-refractivity contribution is -0.122. The van der Waals surface area contributed by atoms with Gasteiger partial charge in [-0.2, -0.15) is 0 Å². The van der Waals surface area contributed by atoms with E-state index in [4.69, 9.17) is 0 Å². The molecule has 0 radical (unpaired) electrons. The molecule has 2 aliphatic rings. The predicted molar refractivity (Wildman–Crippen MR) is 100 cm³/mol. The van der Waals surface area contributed by atoms with E-state index in [1.54, 1.807) is 0 Å². The largest absolute Gasteiger partial charge is 0.326 e. The Morgan fingerprint density at radius 2 is 1.88 bits per heavy atom. The molecule has 0 bridgehead atoms. The molecule has 1 saturated heterocycles. The van der Waals surface area contributed by atoms with Crippen molar-refractivity contribution < 1.29 is 4.79 Å². The van der Waals surface area contributed by atoms with Crippen molar-refractivity contribution in [3.63, 3.8) is 0 Å². The third-order valence-corrected chi connectivity index (χ3v) is 5.75. The second kappa shape index (κ2) is 7.26. The Bertz CT molecular complexity index is 569. The number of hydrogen-bond acceptors (Lipinski definition) is 2. The van der Waals surface area contributed by atoms with Crippen molar-refractivity contribution in [3.05, 3.63) is 29.8 Å². The monoisotopic (exact) mass is 328 g/mol. The number of carbonyl (C=O) groups excluding carboxylic acids is 1. The number of rotatable bonds is 3. The molecule has 1 aromatic carbocycles. The van der Waals surface area contributed by atoms with E-state index in [1.165, 1.54) is 31.2 Å². The van der Waals surface area contributed by atoms with Gasteiger partial charge in [0.15, 0.2) is 0 Å². The van der Waals surface area contributed by atoms with Crippen LogP contribution in [0.25, 0.3) is 0 Å². The van der Waals surface area contributed by atoms with Crippen LogP contribution in [0.1, 0.15) is 64.9 Å². The van der Waals surface area contributed by atoms with Gasteiger partial charge in [-0.25, -0.2) is 0 Å². The summed E-state index contributed by atoms with van der Waals surface area (Å²) in [5.41, 5.74) is 2.29. The molecule has 1 heterocycles. The summed E-state index contributed by atoms with van der Waals surface area (Å²) in [5.74, 6) is 0.993. The van der Waals surface area contributed by atoms with E-state index in [9.17, 15) is 4.79 Å². The Morgan fingerprint density at radius 3 is 2.58 bits per heavy atom. The summed E-state index contributed by atoms with van der Waals surface area (Å²) in [6.07, 6.45) is 7.32. The maximum absolute atomic E-state index is 12.9. The molecular weight excluding hydrogens is 296 g/mol. The van der Waals surface area contributed by atoms with E-state index in [0.29, 0.717) is 12.0 Å². The Labute approximate surface area is 146 Å². The summed E-state index contributed by atoms with van der Waals surface area (Å²) in [7, 11) is 0. The summed E-state index contributed by atoms with van der Waals surface area (Å²) in [4.78, 5) is 12.9. The first-order valence-corrected chi connectivity index (χ1v) is 9.60. The minimum atomic E-state index is 0.0967. The third kappa shape index (κ3) is 4.00. The van der Waals surface area contributed by atoms with Crippen molar-refractivity contribution in [1.82, 2.24) is 5.32 Å². The van der Waals surface area contributed by atoms with Crippen molar-refractivity contribution in [2.24, 2.45) is 11.8 Å². The molecule has 1 aliphatic carbocycles. The van der Waals surface area contributed by atoms with Gasteiger partial charge in [-0.1, -0.05) is 45.7 Å². The number of nitrogens with one attached hydrogen (secondary N) is 2. The van der Waals surface area contributed by atoms with Crippen LogP contribution in [0.2, 0.25) is 0 Å². The van der Waals surface area contributed by atoms with Gasteiger partial charge in [0.1, 0.15) is 0 Å². The lowest BCUT2D eigenvalue weighted by Gasteiger charge is -2.35. The van der Waals surface area contributed by atoms with Crippen molar-refractivity contribution in [2.75, 3.05) is 11.9 Å². The molecule has 2 atom stereocenters. The normalized spacial score (nSPS) is 25.6. The Kier molecular flexibility index (Phi) is 5.29. The van der Waals surface area contributed by atoms with Crippen LogP contribution in [-0.4, -0.2) is 18.5 Å². The standard InChI is InChI=1S/C21H32N2O/c1-21(2,3)16-10-6-11-17(14-16)23-20(24)18-12-7-13-22-19(18)15-8-4-5-9-15/h6,10-11,14-15,18-19,22H,4-5,7-9,12-13H2,1-3H3,(H,23,24)/t18-,19-/m1/s1. The first-order chi connectivity index (χ1) is 11.4. The fourth-order valence-corrected chi connectivity index (χ4v) is 4.32. The summed E-state index contributed by atoms with van der Waals surface area (Å²) in [6.45, 7) is 7.67. The van der Waals surface area contributed by atoms with Gasteiger partial charge in [-0.15, -0.1) is 0 Å². The molecule has 3 heteroatoms. The van der Waals surface area contributed by atoms with Gasteiger partial charge in [0, 0.05) is 11.7 Å². The highest BCUT2D eigenvalue weighted by Crippen LogP contribution is 2.34. The summed E-state index contributed by atoms with van der Waals surface area (Å²) in [5, 5.41) is 6.85. The average Bonchev–Trinajstić information content (AvgIpc) is 3.08. The van der Waals surface area contributed by atoms with Gasteiger partial charge >= 0.3 is 0 Å². The number of benzene rings is 1. The number of piperidine rings is 1. The van der Waals surface area contributed by atoms with Crippen molar-refractivity contribution in [3.8, 4) is 0 Å². The van der Waals surface area contributed by atoms with Gasteiger partial charge in [-0.3, -0.25) is 4.79 Å². The zero-order chi connectivity index (χ0) is 17.2. The molecule has 0 aromatic heterocycles. The van der Waals surface area contributed by atoms with Crippen molar-refractivity contribution in [2.45, 2.75) is 70.8 Å². The smallest absolute Gasteiger partial charge is 0.229 e. The van der Waals surface area contributed by atoms with Crippen LogP contribution in [0.3, 0.4) is 0 Å². The molecule has 3 rings (SSSR count). The van der Waals surface area contributed by atoms with Crippen LogP contribution in [0.4, 0.5) is 5.69 Å². The molecule has 1 saturated carbocycles. The number of amides is 1. The van der Waals surface area contributed by atoms with E-state index >= 15 is 0 Å². The Morgan fingerprint density at radius 1 is 1.12 bits per heavy atom. The van der Waals surface area contributed by atoms with Crippen molar-refractivity contribution in [1.29, 1.82) is 0 Å². The maximum Gasteiger partial charge on any atom is 0.229 e. The van der Waals surface area contributed by atoms with Crippen LogP contribution in [0.15, 0.2) is 24.3 Å². The molecule has 1 amide bonds. The maximum atomic E-state index is 12.9. The van der Waals surface area contributed by atoms with E-state index in [-0.39, 0.29) is 17.2 Å². The Balaban J connectivity index is 1.71. The fourth-order valence-electron chi connectivity index (χ4n) is 4.32. The number of anilines is 1. The van der Waals surface area contributed by atoms with Crippen LogP contribution in [0, 0.1) is 11.8 Å². The number of carbonyl (C=O) groups is 1. The minimum absolute atomic E-state index is 0.0967. The first kappa shape index (κ1) is 17.5. The average molecular weight is 329 g/mol. The SMILES string of the molecule is CC(C)(C)c1cccc(NC(=O)[C@@H]2CCCN[C@@H]2C2CCCC2)c1. The van der Waals surface area contributed by atoms with Crippen LogP contribution in [0.5, 0.6) is 0 Å². The summed E-state index contributed by atoms with van der Waals surface area (Å²) < 4.78 is 0. The van der Waals surface area contributed by atoms with E-state index in [1.807, 2.05) is 12.1 Å². The zero-order valence-corrected chi connectivity index (χ0v) is 15.4. The topological polar surface area (TPSA) is 41.1 Å². The highest BCUT2D eigenvalue weighted by Gasteiger charge is 2.37. The van der Waals surface area contributed by atoms with Gasteiger partial charge in [0.2, 0.25) is 5.91 Å². The predicted octanol–water partition coefficient (Wildman–Crippen LogP) is 4.48. The molecule has 3 nitrogen and oxygen atoms in total. The van der Waals surface area contributed by atoms with E-state index in [2.05, 4.69) is 43.5 Å². The first-order valence-electron chi connectivity index (χ1n) is 9.60. The third-order valence-electron chi connectivity index (χ3n) is 5.75. The number of hydrogen-bond donors (Lipinski definition) is 2. The summed E-state index contributed by atoms with van der Waals surface area (Å²) in [6, 6.07) is 8.68. The Hall–Kier alpha value is -1.35. The van der Waals surface area contributed by atoms with Gasteiger partial charge in [0.25, 0.3) is 0 Å². The highest BCUT2D eigenvalue weighted by molar-refractivity contribution is 5.93. The summed E-state index contributed by atoms with van der Waals surface area (Å²) >= 11 is 0. The molecule has 0 spiro atoms. The minimum Gasteiger partial charge on any atom is -0.326 e. The molecule has 1 aliphatic heterocycles. The molecular formula is C21H32N2O. The van der Waals surface area contributed by atoms with Gasteiger partial charge in [0.05, 0.1) is 5.92 Å². The molecule has 0 unspecified atom stereocenters. The second-order valence-electron chi connectivity index (χ2n) is 8.59. The van der Waals surface area contributed by atoms with Crippen LogP contribution < -0.4 is 10.6 Å². The fraction of sp³-hybridized carbons (Fsp3) is 0.667. The van der Waals surface area contributed by atoms with Crippen molar-refractivity contribution >= 4 is 11.6 Å². The van der Waals surface area contributed by atoms with E-state index in [0.717, 1.165) is 25.1 Å². The van der Waals surface area contributed by atoms with Gasteiger partial charge in [-0.05, 0) is 61.3 Å². The molecule has 1 aromatic rings. The quantitative estimate of drug-likeness (QED) is 0.859. The second-order valence-corrected chi connectivity index (χ2v) is 8.59. The molecule has 2 N–H and O–H groups in total.